The highest BCUT2D eigenvalue weighted by atomic mass is 32.2. The van der Waals surface area contributed by atoms with E-state index in [-0.39, 0.29) is 0 Å². The lowest BCUT2D eigenvalue weighted by atomic mass is 9.95. The standard InChI is InChI=1S/C19H22N2O3S/c1-25(23,24)19(9-11-20-12-10-19)18(22)21-16-8-7-14-6-5-13-3-2-4-15(16)17(13)14/h2-4,7-8,20H,5-6,9-12H2,1H3,(H,21,22). The molecule has 2 N–H and O–H groups in total. The van der Waals surface area contributed by atoms with Crippen LogP contribution in [0.5, 0.6) is 0 Å². The molecule has 25 heavy (non-hydrogen) atoms. The summed E-state index contributed by atoms with van der Waals surface area (Å²) < 4.78 is 23.5. The zero-order chi connectivity index (χ0) is 17.7. The molecule has 1 saturated heterocycles. The number of hydrogen-bond donors (Lipinski definition) is 2. The van der Waals surface area contributed by atoms with E-state index in [1.807, 2.05) is 24.3 Å². The third-order valence-electron chi connectivity index (χ3n) is 5.66. The van der Waals surface area contributed by atoms with Gasteiger partial charge in [-0.1, -0.05) is 24.3 Å². The lowest BCUT2D eigenvalue weighted by Gasteiger charge is -2.34. The number of carbonyl (C=O) groups excluding carboxylic acids is 1. The van der Waals surface area contributed by atoms with Crippen molar-refractivity contribution in [2.24, 2.45) is 0 Å². The Hall–Kier alpha value is -1.92. The van der Waals surface area contributed by atoms with Gasteiger partial charge < -0.3 is 10.6 Å². The van der Waals surface area contributed by atoms with Crippen molar-refractivity contribution < 1.29 is 13.2 Å². The third-order valence-corrected chi connectivity index (χ3v) is 7.67. The molecule has 5 nitrogen and oxygen atoms in total. The molecule has 6 heteroatoms. The Bertz CT molecular complexity index is 950. The highest BCUT2D eigenvalue weighted by molar-refractivity contribution is 7.92. The maximum atomic E-state index is 13.0. The number of aryl methyl sites for hydroxylation is 2. The zero-order valence-electron chi connectivity index (χ0n) is 14.3. The van der Waals surface area contributed by atoms with Crippen LogP contribution in [-0.4, -0.2) is 38.4 Å². The van der Waals surface area contributed by atoms with Crippen LogP contribution in [0.25, 0.3) is 10.8 Å². The minimum Gasteiger partial charge on any atom is -0.324 e. The summed E-state index contributed by atoms with van der Waals surface area (Å²) in [5, 5.41) is 8.28. The van der Waals surface area contributed by atoms with Gasteiger partial charge >= 0.3 is 0 Å². The number of hydrogen-bond acceptors (Lipinski definition) is 4. The first-order valence-corrected chi connectivity index (χ1v) is 10.6. The average molecular weight is 358 g/mol. The number of nitrogens with one attached hydrogen (secondary N) is 2. The van der Waals surface area contributed by atoms with Crippen molar-refractivity contribution in [3.63, 3.8) is 0 Å². The summed E-state index contributed by atoms with van der Waals surface area (Å²) in [6.45, 7) is 1.06. The second-order valence-electron chi connectivity index (χ2n) is 7.08. The Morgan fingerprint density at radius 1 is 1.08 bits per heavy atom. The summed E-state index contributed by atoms with van der Waals surface area (Å²) in [6.07, 6.45) is 3.81. The van der Waals surface area contributed by atoms with Crippen molar-refractivity contribution in [1.82, 2.24) is 5.32 Å². The first kappa shape index (κ1) is 16.5. The molecule has 1 fully saturated rings. The first-order valence-electron chi connectivity index (χ1n) is 8.68. The lowest BCUT2D eigenvalue weighted by molar-refractivity contribution is -0.119. The van der Waals surface area contributed by atoms with Crippen LogP contribution in [0.3, 0.4) is 0 Å². The summed E-state index contributed by atoms with van der Waals surface area (Å²) >= 11 is 0. The number of piperidine rings is 1. The minimum atomic E-state index is -3.52. The van der Waals surface area contributed by atoms with Crippen molar-refractivity contribution in [3.05, 3.63) is 41.5 Å². The number of sulfone groups is 1. The SMILES string of the molecule is CS(=O)(=O)C1(C(=O)Nc2ccc3c4c(cccc24)CC3)CCNCC1. The molecular formula is C19H22N2O3S. The van der Waals surface area contributed by atoms with Gasteiger partial charge in [0.15, 0.2) is 14.6 Å². The van der Waals surface area contributed by atoms with Gasteiger partial charge in [-0.05, 0) is 61.4 Å². The van der Waals surface area contributed by atoms with Gasteiger partial charge in [0.2, 0.25) is 5.91 Å². The molecule has 1 aliphatic heterocycles. The molecule has 0 saturated carbocycles. The summed E-state index contributed by atoms with van der Waals surface area (Å²) in [4.78, 5) is 13.0. The Balaban J connectivity index is 1.75. The van der Waals surface area contributed by atoms with E-state index in [2.05, 4.69) is 16.7 Å². The number of benzene rings is 2. The van der Waals surface area contributed by atoms with Crippen LogP contribution in [0.2, 0.25) is 0 Å². The van der Waals surface area contributed by atoms with Gasteiger partial charge in [-0.15, -0.1) is 0 Å². The molecule has 132 valence electrons. The Morgan fingerprint density at radius 2 is 1.76 bits per heavy atom. The second kappa shape index (κ2) is 5.81. The largest absolute Gasteiger partial charge is 0.324 e. The highest BCUT2D eigenvalue weighted by Gasteiger charge is 2.48. The molecule has 1 aliphatic carbocycles. The summed E-state index contributed by atoms with van der Waals surface area (Å²) in [5.41, 5.74) is 3.29. The topological polar surface area (TPSA) is 75.3 Å². The molecule has 0 radical (unpaired) electrons. The van der Waals surface area contributed by atoms with Gasteiger partial charge in [0.05, 0.1) is 0 Å². The van der Waals surface area contributed by atoms with Crippen LogP contribution < -0.4 is 10.6 Å². The maximum Gasteiger partial charge on any atom is 0.245 e. The normalized spacial score (nSPS) is 19.1. The molecule has 0 atom stereocenters. The molecule has 2 aliphatic rings. The van der Waals surface area contributed by atoms with Crippen LogP contribution >= 0.6 is 0 Å². The monoisotopic (exact) mass is 358 g/mol. The fourth-order valence-corrected chi connectivity index (χ4v) is 5.52. The van der Waals surface area contributed by atoms with Gasteiger partial charge in [0, 0.05) is 17.3 Å². The number of rotatable bonds is 3. The molecule has 1 heterocycles. The maximum absolute atomic E-state index is 13.0. The summed E-state index contributed by atoms with van der Waals surface area (Å²) in [7, 11) is -3.52. The predicted molar refractivity (Wildman–Crippen MR) is 99.7 cm³/mol. The number of amides is 1. The van der Waals surface area contributed by atoms with Gasteiger partial charge in [-0.25, -0.2) is 8.42 Å². The van der Waals surface area contributed by atoms with Crippen LogP contribution in [0.4, 0.5) is 5.69 Å². The lowest BCUT2D eigenvalue weighted by Crippen LogP contribution is -2.55. The molecule has 0 spiro atoms. The summed E-state index contributed by atoms with van der Waals surface area (Å²) in [5.74, 6) is -0.407. The molecule has 0 bridgehead atoms. The molecule has 0 unspecified atom stereocenters. The van der Waals surface area contributed by atoms with Crippen molar-refractivity contribution in [3.8, 4) is 0 Å². The quantitative estimate of drug-likeness (QED) is 0.880. The Morgan fingerprint density at radius 3 is 2.44 bits per heavy atom. The van der Waals surface area contributed by atoms with E-state index < -0.39 is 20.5 Å². The molecule has 1 amide bonds. The van der Waals surface area contributed by atoms with Crippen LogP contribution in [0.15, 0.2) is 30.3 Å². The third kappa shape index (κ3) is 2.55. The smallest absolute Gasteiger partial charge is 0.245 e. The number of anilines is 1. The Kier molecular flexibility index (Phi) is 3.85. The van der Waals surface area contributed by atoms with Crippen molar-refractivity contribution in [1.29, 1.82) is 0 Å². The van der Waals surface area contributed by atoms with Crippen LogP contribution in [-0.2, 0) is 27.5 Å². The Labute approximate surface area is 147 Å². The summed E-state index contributed by atoms with van der Waals surface area (Å²) in [6, 6.07) is 10.1. The molecule has 4 rings (SSSR count). The fraction of sp³-hybridized carbons (Fsp3) is 0.421. The predicted octanol–water partition coefficient (Wildman–Crippen LogP) is 2.04. The van der Waals surface area contributed by atoms with Gasteiger partial charge in [-0.2, -0.15) is 0 Å². The highest BCUT2D eigenvalue weighted by Crippen LogP contribution is 2.36. The molecule has 2 aromatic rings. The first-order chi connectivity index (χ1) is 11.9. The van der Waals surface area contributed by atoms with E-state index in [4.69, 9.17) is 0 Å². The van der Waals surface area contributed by atoms with E-state index in [9.17, 15) is 13.2 Å². The van der Waals surface area contributed by atoms with Crippen molar-refractivity contribution >= 4 is 32.2 Å². The van der Waals surface area contributed by atoms with E-state index in [0.717, 1.165) is 18.2 Å². The molecular weight excluding hydrogens is 336 g/mol. The van der Waals surface area contributed by atoms with Gasteiger partial charge in [0.1, 0.15) is 0 Å². The molecule has 0 aromatic heterocycles. The van der Waals surface area contributed by atoms with E-state index in [1.54, 1.807) is 0 Å². The van der Waals surface area contributed by atoms with Crippen LogP contribution in [0, 0.1) is 0 Å². The average Bonchev–Trinajstić information content (AvgIpc) is 3.02. The fourth-order valence-electron chi connectivity index (χ4n) is 4.19. The zero-order valence-corrected chi connectivity index (χ0v) is 15.1. The van der Waals surface area contributed by atoms with Crippen molar-refractivity contribution in [2.45, 2.75) is 30.4 Å². The van der Waals surface area contributed by atoms with Gasteiger partial charge in [0.25, 0.3) is 0 Å². The number of carbonyl (C=O) groups is 1. The van der Waals surface area contributed by atoms with E-state index >= 15 is 0 Å². The van der Waals surface area contributed by atoms with E-state index in [0.29, 0.717) is 31.6 Å². The second-order valence-corrected chi connectivity index (χ2v) is 9.41. The van der Waals surface area contributed by atoms with Crippen molar-refractivity contribution in [2.75, 3.05) is 24.7 Å². The molecule has 2 aromatic carbocycles. The van der Waals surface area contributed by atoms with Crippen LogP contribution in [0.1, 0.15) is 24.0 Å². The van der Waals surface area contributed by atoms with E-state index in [1.165, 1.54) is 22.8 Å². The van der Waals surface area contributed by atoms with Gasteiger partial charge in [-0.3, -0.25) is 4.79 Å². The minimum absolute atomic E-state index is 0.304.